The molecule has 8 nitrogen and oxygen atoms in total. The van der Waals surface area contributed by atoms with E-state index >= 15 is 0 Å². The van der Waals surface area contributed by atoms with Gasteiger partial charge in [0.2, 0.25) is 0 Å². The van der Waals surface area contributed by atoms with Gasteiger partial charge in [-0.25, -0.2) is 0 Å². The molecule has 0 aliphatic carbocycles. The van der Waals surface area contributed by atoms with Crippen LogP contribution in [0.2, 0.25) is 0 Å². The highest BCUT2D eigenvalue weighted by Crippen LogP contribution is 2.30. The lowest BCUT2D eigenvalue weighted by Crippen LogP contribution is -2.37. The minimum Gasteiger partial charge on any atom is -0.493 e. The second kappa shape index (κ2) is 11.4. The summed E-state index contributed by atoms with van der Waals surface area (Å²) in [6, 6.07) is 14.0. The van der Waals surface area contributed by atoms with E-state index < -0.39 is 5.60 Å². The molecule has 1 atom stereocenters. The maximum atomic E-state index is 11.1. The van der Waals surface area contributed by atoms with Crippen LogP contribution in [0.15, 0.2) is 55.1 Å². The number of ether oxygens (including phenoxy) is 3. The number of methoxy groups -OCH3 is 1. The quantitative estimate of drug-likeness (QED) is 0.490. The molecule has 8 heteroatoms. The van der Waals surface area contributed by atoms with Crippen LogP contribution < -0.4 is 14.2 Å². The van der Waals surface area contributed by atoms with Gasteiger partial charge in [-0.2, -0.15) is 0 Å². The summed E-state index contributed by atoms with van der Waals surface area (Å²) < 4.78 is 19.3. The van der Waals surface area contributed by atoms with Crippen molar-refractivity contribution in [1.82, 2.24) is 19.7 Å². The number of aliphatic hydroxyl groups is 1. The number of likely N-dealkylation sites (tertiary alicyclic amines) is 1. The van der Waals surface area contributed by atoms with E-state index in [-0.39, 0.29) is 0 Å². The fraction of sp³-hybridized carbons (Fsp3) is 0.462. The number of aromatic nitrogens is 3. The Kier molecular flexibility index (Phi) is 8.03. The van der Waals surface area contributed by atoms with E-state index in [9.17, 15) is 5.11 Å². The average molecular weight is 467 g/mol. The fourth-order valence-corrected chi connectivity index (χ4v) is 4.18. The van der Waals surface area contributed by atoms with Crippen LogP contribution in [0.5, 0.6) is 17.2 Å². The molecule has 1 N–H and O–H groups in total. The van der Waals surface area contributed by atoms with Crippen LogP contribution in [-0.4, -0.2) is 63.8 Å². The molecule has 2 heterocycles. The molecule has 34 heavy (non-hydrogen) atoms. The van der Waals surface area contributed by atoms with E-state index in [1.807, 2.05) is 47.9 Å². The first kappa shape index (κ1) is 24.0. The zero-order valence-electron chi connectivity index (χ0n) is 20.0. The normalized spacial score (nSPS) is 18.9. The predicted molar refractivity (Wildman–Crippen MR) is 129 cm³/mol. The third kappa shape index (κ3) is 6.71. The molecule has 1 aromatic heterocycles. The highest BCUT2D eigenvalue weighted by Gasteiger charge is 2.31. The Morgan fingerprint density at radius 3 is 2.53 bits per heavy atom. The molecular formula is C26H34N4O4. The van der Waals surface area contributed by atoms with Gasteiger partial charge in [0, 0.05) is 13.1 Å². The number of aryl methyl sites for hydroxylation is 1. The SMILES string of the molecule is COc1ccc(CN2CCCC(O)(COc3ccc(C)cc3)CC2)cc1OCCn1cnnc1. The molecule has 0 amide bonds. The van der Waals surface area contributed by atoms with E-state index in [1.54, 1.807) is 19.8 Å². The third-order valence-corrected chi connectivity index (χ3v) is 6.25. The molecule has 0 saturated carbocycles. The lowest BCUT2D eigenvalue weighted by atomic mass is 9.96. The summed E-state index contributed by atoms with van der Waals surface area (Å²) in [5, 5.41) is 18.8. The van der Waals surface area contributed by atoms with Gasteiger partial charge < -0.3 is 23.9 Å². The van der Waals surface area contributed by atoms with Crippen molar-refractivity contribution in [2.75, 3.05) is 33.4 Å². The summed E-state index contributed by atoms with van der Waals surface area (Å²) >= 11 is 0. The molecular weight excluding hydrogens is 432 g/mol. The van der Waals surface area contributed by atoms with Gasteiger partial charge >= 0.3 is 0 Å². The van der Waals surface area contributed by atoms with Gasteiger partial charge in [-0.3, -0.25) is 4.90 Å². The maximum Gasteiger partial charge on any atom is 0.161 e. The molecule has 1 fully saturated rings. The molecule has 1 saturated heterocycles. The van der Waals surface area contributed by atoms with Crippen molar-refractivity contribution in [1.29, 1.82) is 0 Å². The zero-order chi connectivity index (χ0) is 23.8. The standard InChI is InChI=1S/C26H34N4O4/c1-21-4-7-23(8-5-21)34-18-26(31)10-3-12-29(13-11-26)17-22-6-9-24(32-2)25(16-22)33-15-14-30-19-27-28-20-30/h4-9,16,19-20,31H,3,10-15,17-18H2,1-2H3. The van der Waals surface area contributed by atoms with Crippen molar-refractivity contribution in [2.24, 2.45) is 0 Å². The van der Waals surface area contributed by atoms with Gasteiger partial charge in [0.25, 0.3) is 0 Å². The van der Waals surface area contributed by atoms with Crippen LogP contribution in [0.25, 0.3) is 0 Å². The van der Waals surface area contributed by atoms with E-state index in [2.05, 4.69) is 21.2 Å². The molecule has 4 rings (SSSR count). The number of benzene rings is 2. The van der Waals surface area contributed by atoms with Crippen LogP contribution in [-0.2, 0) is 13.1 Å². The van der Waals surface area contributed by atoms with Crippen molar-refractivity contribution in [3.8, 4) is 17.2 Å². The summed E-state index contributed by atoms with van der Waals surface area (Å²) in [7, 11) is 1.65. The molecule has 1 aliphatic heterocycles. The number of rotatable bonds is 10. The Hall–Kier alpha value is -3.10. The van der Waals surface area contributed by atoms with Crippen molar-refractivity contribution in [3.05, 3.63) is 66.2 Å². The van der Waals surface area contributed by atoms with Gasteiger partial charge in [-0.05, 0) is 62.6 Å². The minimum atomic E-state index is -0.810. The number of nitrogens with zero attached hydrogens (tertiary/aromatic N) is 4. The second-order valence-corrected chi connectivity index (χ2v) is 8.99. The molecule has 1 aliphatic rings. The van der Waals surface area contributed by atoms with Crippen molar-refractivity contribution >= 4 is 0 Å². The van der Waals surface area contributed by atoms with Gasteiger partial charge in [0.1, 0.15) is 31.6 Å². The average Bonchev–Trinajstić information content (AvgIpc) is 3.29. The third-order valence-electron chi connectivity index (χ3n) is 6.25. The van der Waals surface area contributed by atoms with E-state index in [0.717, 1.165) is 49.5 Å². The smallest absolute Gasteiger partial charge is 0.161 e. The first-order valence-electron chi connectivity index (χ1n) is 11.8. The number of hydrogen-bond acceptors (Lipinski definition) is 7. The first-order valence-corrected chi connectivity index (χ1v) is 11.8. The Bertz CT molecular complexity index is 1030. The van der Waals surface area contributed by atoms with Crippen LogP contribution >= 0.6 is 0 Å². The highest BCUT2D eigenvalue weighted by molar-refractivity contribution is 5.43. The molecule has 0 radical (unpaired) electrons. The van der Waals surface area contributed by atoms with Crippen LogP contribution in [0.4, 0.5) is 0 Å². The highest BCUT2D eigenvalue weighted by atomic mass is 16.5. The molecule has 182 valence electrons. The van der Waals surface area contributed by atoms with Crippen LogP contribution in [0.1, 0.15) is 30.4 Å². The van der Waals surface area contributed by atoms with Gasteiger partial charge in [-0.1, -0.05) is 23.8 Å². The van der Waals surface area contributed by atoms with Crippen molar-refractivity contribution in [2.45, 2.75) is 44.9 Å². The summed E-state index contributed by atoms with van der Waals surface area (Å²) in [5.41, 5.74) is 1.54. The molecule has 1 unspecified atom stereocenters. The van der Waals surface area contributed by atoms with Crippen molar-refractivity contribution in [3.63, 3.8) is 0 Å². The van der Waals surface area contributed by atoms with Crippen molar-refractivity contribution < 1.29 is 19.3 Å². The van der Waals surface area contributed by atoms with Gasteiger partial charge in [0.05, 0.1) is 19.3 Å². The molecule has 0 bridgehead atoms. The Morgan fingerprint density at radius 2 is 1.76 bits per heavy atom. The maximum absolute atomic E-state index is 11.1. The largest absolute Gasteiger partial charge is 0.493 e. The first-order chi connectivity index (χ1) is 16.5. The van der Waals surface area contributed by atoms with Gasteiger partial charge in [0.15, 0.2) is 11.5 Å². The van der Waals surface area contributed by atoms with Crippen LogP contribution in [0, 0.1) is 6.92 Å². The van der Waals surface area contributed by atoms with E-state index in [1.165, 1.54) is 5.56 Å². The predicted octanol–water partition coefficient (Wildman–Crippen LogP) is 3.47. The zero-order valence-corrected chi connectivity index (χ0v) is 20.0. The second-order valence-electron chi connectivity index (χ2n) is 8.99. The summed E-state index contributed by atoms with van der Waals surface area (Å²) in [6.45, 7) is 6.06. The topological polar surface area (TPSA) is 81.9 Å². The van der Waals surface area contributed by atoms with E-state index in [0.29, 0.717) is 31.9 Å². The van der Waals surface area contributed by atoms with E-state index in [4.69, 9.17) is 14.2 Å². The monoisotopic (exact) mass is 466 g/mol. The lowest BCUT2D eigenvalue weighted by Gasteiger charge is -2.27. The Balaban J connectivity index is 1.31. The summed E-state index contributed by atoms with van der Waals surface area (Å²) in [6.07, 6.45) is 5.67. The lowest BCUT2D eigenvalue weighted by molar-refractivity contribution is -0.0168. The fourth-order valence-electron chi connectivity index (χ4n) is 4.18. The number of hydrogen-bond donors (Lipinski definition) is 1. The Labute approximate surface area is 201 Å². The molecule has 2 aromatic carbocycles. The van der Waals surface area contributed by atoms with Gasteiger partial charge in [-0.15, -0.1) is 10.2 Å². The summed E-state index contributed by atoms with van der Waals surface area (Å²) in [5.74, 6) is 2.24. The van der Waals surface area contributed by atoms with Crippen LogP contribution in [0.3, 0.4) is 0 Å². The molecule has 3 aromatic rings. The minimum absolute atomic E-state index is 0.316. The molecule has 0 spiro atoms. The summed E-state index contributed by atoms with van der Waals surface area (Å²) in [4.78, 5) is 2.38. The Morgan fingerprint density at radius 1 is 0.971 bits per heavy atom.